The van der Waals surface area contributed by atoms with Crippen molar-refractivity contribution in [2.75, 3.05) is 0 Å². The van der Waals surface area contributed by atoms with Crippen molar-refractivity contribution >= 4 is 38.6 Å². The van der Waals surface area contributed by atoms with Gasteiger partial charge in [-0.2, -0.15) is 0 Å². The quantitative estimate of drug-likeness (QED) is 0.282. The third kappa shape index (κ3) is 3.90. The molecule has 0 atom stereocenters. The molecular weight excluding hydrogens is 488 g/mol. The van der Waals surface area contributed by atoms with E-state index in [1.165, 1.54) is 0 Å². The number of aryl methyl sites for hydroxylation is 1. The van der Waals surface area contributed by atoms with E-state index in [1.54, 1.807) is 30.8 Å². The summed E-state index contributed by atoms with van der Waals surface area (Å²) in [6.45, 7) is 7.40. The second-order valence-electron chi connectivity index (χ2n) is 10.6. The van der Waals surface area contributed by atoms with E-state index in [-0.39, 0.29) is 5.56 Å². The number of carbonyl (C=O) groups is 1. The Morgan fingerprint density at radius 1 is 0.974 bits per heavy atom. The fourth-order valence-corrected chi connectivity index (χ4v) is 5.41. The number of carbonyl (C=O) groups excluding carboxylic acids is 1. The van der Waals surface area contributed by atoms with Crippen molar-refractivity contribution in [1.29, 1.82) is 0 Å². The lowest BCUT2D eigenvalue weighted by molar-refractivity contribution is 0.0787. The molecule has 0 fully saturated rings. The van der Waals surface area contributed by atoms with Crippen LogP contribution in [0.3, 0.4) is 0 Å². The Bertz CT molecular complexity index is 2030. The third-order valence-corrected chi connectivity index (χ3v) is 7.49. The van der Waals surface area contributed by atoms with Crippen molar-refractivity contribution in [3.8, 4) is 16.8 Å². The molecule has 7 nitrogen and oxygen atoms in total. The minimum absolute atomic E-state index is 0.135. The first-order valence-electron chi connectivity index (χ1n) is 12.7. The number of aliphatic hydroxyl groups is 1. The first kappa shape index (κ1) is 24.6. The first-order chi connectivity index (χ1) is 18.5. The summed E-state index contributed by atoms with van der Waals surface area (Å²) in [5, 5.41) is 12.9. The van der Waals surface area contributed by atoms with Crippen molar-refractivity contribution in [2.45, 2.75) is 33.3 Å². The molecule has 0 saturated heterocycles. The summed E-state index contributed by atoms with van der Waals surface area (Å²) in [6.07, 6.45) is 1.57. The molecule has 0 bridgehead atoms. The third-order valence-electron chi connectivity index (χ3n) is 7.49. The maximum atomic E-state index is 13.5. The first-order valence-corrected chi connectivity index (χ1v) is 12.7. The molecule has 6 aromatic rings. The van der Waals surface area contributed by atoms with Gasteiger partial charge in [-0.25, -0.2) is 4.98 Å². The molecule has 0 spiro atoms. The highest BCUT2D eigenvalue weighted by Gasteiger charge is 2.21. The predicted molar refractivity (Wildman–Crippen MR) is 155 cm³/mol. The average molecular weight is 517 g/mol. The number of benzene rings is 4. The molecule has 6 rings (SSSR count). The van der Waals surface area contributed by atoms with E-state index in [1.807, 2.05) is 74.5 Å². The van der Waals surface area contributed by atoms with Gasteiger partial charge in [0.15, 0.2) is 0 Å². The lowest BCUT2D eigenvalue weighted by Crippen LogP contribution is -2.20. The van der Waals surface area contributed by atoms with Crippen LogP contribution in [0.25, 0.3) is 49.5 Å². The lowest BCUT2D eigenvalue weighted by Gasteiger charge is -2.17. The van der Waals surface area contributed by atoms with Crippen LogP contribution in [0.15, 0.2) is 77.9 Å². The lowest BCUT2D eigenvalue weighted by atomic mass is 9.92. The Kier molecular flexibility index (Phi) is 5.45. The summed E-state index contributed by atoms with van der Waals surface area (Å²) in [5.41, 5.74) is 12.2. The standard InChI is InChI=1S/C32H28N4O3/c1-17-8-13-25-24(14-17)31(38)36(16-34-25)27-7-5-6-20(18(27)2)21-11-12-23(30(33)37)29-28(21)22-10-9-19(32(3,4)39)15-26(22)35-29/h5-16,35,39H,1-4H3,(H2,33,37). The minimum Gasteiger partial charge on any atom is -0.386 e. The molecule has 0 unspecified atom stereocenters. The highest BCUT2D eigenvalue weighted by Crippen LogP contribution is 2.39. The summed E-state index contributed by atoms with van der Waals surface area (Å²) in [7, 11) is 0. The second kappa shape index (κ2) is 8.64. The summed E-state index contributed by atoms with van der Waals surface area (Å²) in [6, 6.07) is 20.9. The van der Waals surface area contributed by atoms with Crippen molar-refractivity contribution < 1.29 is 9.90 Å². The van der Waals surface area contributed by atoms with Crippen LogP contribution < -0.4 is 11.3 Å². The molecule has 0 radical (unpaired) electrons. The molecule has 4 N–H and O–H groups in total. The van der Waals surface area contributed by atoms with Crippen LogP contribution in [0.4, 0.5) is 0 Å². The predicted octanol–water partition coefficient (Wildman–Crippen LogP) is 5.63. The van der Waals surface area contributed by atoms with Gasteiger partial charge in [-0.05, 0) is 80.3 Å². The van der Waals surface area contributed by atoms with E-state index >= 15 is 0 Å². The molecular formula is C32H28N4O3. The molecule has 2 aromatic heterocycles. The number of fused-ring (bicyclic) bond motifs is 4. The van der Waals surface area contributed by atoms with E-state index in [2.05, 4.69) is 9.97 Å². The van der Waals surface area contributed by atoms with Gasteiger partial charge in [-0.1, -0.05) is 42.0 Å². The van der Waals surface area contributed by atoms with Crippen LogP contribution in [0.1, 0.15) is 40.9 Å². The van der Waals surface area contributed by atoms with Gasteiger partial charge in [0.25, 0.3) is 11.5 Å². The fourth-order valence-electron chi connectivity index (χ4n) is 5.41. The van der Waals surface area contributed by atoms with E-state index < -0.39 is 11.5 Å². The number of nitrogens with one attached hydrogen (secondary N) is 1. The maximum absolute atomic E-state index is 13.5. The van der Waals surface area contributed by atoms with Gasteiger partial charge in [-0.3, -0.25) is 14.2 Å². The zero-order chi connectivity index (χ0) is 27.6. The van der Waals surface area contributed by atoms with Crippen LogP contribution in [-0.4, -0.2) is 25.5 Å². The number of primary amides is 1. The molecule has 194 valence electrons. The normalized spacial score (nSPS) is 12.0. The van der Waals surface area contributed by atoms with Gasteiger partial charge in [0.2, 0.25) is 0 Å². The van der Waals surface area contributed by atoms with Crippen LogP contribution in [0, 0.1) is 13.8 Å². The second-order valence-corrected chi connectivity index (χ2v) is 10.6. The van der Waals surface area contributed by atoms with Gasteiger partial charge in [0.05, 0.1) is 33.3 Å². The SMILES string of the molecule is Cc1ccc2ncn(-c3cccc(-c4ccc(C(N)=O)c5[nH]c6cc(C(C)(C)O)ccc6c45)c3C)c(=O)c2c1. The number of hydrogen-bond donors (Lipinski definition) is 3. The van der Waals surface area contributed by atoms with Crippen molar-refractivity contribution in [3.05, 3.63) is 106 Å². The van der Waals surface area contributed by atoms with Gasteiger partial charge in [0, 0.05) is 16.3 Å². The molecule has 0 aliphatic carbocycles. The largest absolute Gasteiger partial charge is 0.386 e. The number of aromatic nitrogens is 3. The van der Waals surface area contributed by atoms with Crippen LogP contribution in [0.5, 0.6) is 0 Å². The monoisotopic (exact) mass is 516 g/mol. The van der Waals surface area contributed by atoms with Gasteiger partial charge in [0.1, 0.15) is 6.33 Å². The molecule has 0 aliphatic heterocycles. The Balaban J connectivity index is 1.63. The molecule has 0 aliphatic rings. The summed E-state index contributed by atoms with van der Waals surface area (Å²) >= 11 is 0. The Morgan fingerprint density at radius 2 is 1.77 bits per heavy atom. The van der Waals surface area contributed by atoms with Crippen LogP contribution >= 0.6 is 0 Å². The molecule has 7 heteroatoms. The molecule has 2 heterocycles. The maximum Gasteiger partial charge on any atom is 0.265 e. The van der Waals surface area contributed by atoms with E-state index in [0.29, 0.717) is 22.0 Å². The topological polar surface area (TPSA) is 114 Å². The van der Waals surface area contributed by atoms with Crippen molar-refractivity contribution in [2.24, 2.45) is 5.73 Å². The van der Waals surface area contributed by atoms with Gasteiger partial charge < -0.3 is 15.8 Å². The number of aromatic amines is 1. The van der Waals surface area contributed by atoms with E-state index in [9.17, 15) is 14.7 Å². The average Bonchev–Trinajstić information content (AvgIpc) is 3.28. The molecule has 39 heavy (non-hydrogen) atoms. The summed E-state index contributed by atoms with van der Waals surface area (Å²) in [5.74, 6) is -0.532. The highest BCUT2D eigenvalue weighted by atomic mass is 16.3. The fraction of sp³-hybridized carbons (Fsp3) is 0.156. The Morgan fingerprint density at radius 3 is 2.51 bits per heavy atom. The Hall–Kier alpha value is -4.75. The zero-order valence-electron chi connectivity index (χ0n) is 22.2. The van der Waals surface area contributed by atoms with Gasteiger partial charge >= 0.3 is 0 Å². The number of nitrogens with zero attached hydrogens (tertiary/aromatic N) is 2. The number of rotatable bonds is 4. The van der Waals surface area contributed by atoms with Crippen molar-refractivity contribution in [1.82, 2.24) is 14.5 Å². The minimum atomic E-state index is -1.02. The van der Waals surface area contributed by atoms with Crippen LogP contribution in [0.2, 0.25) is 0 Å². The van der Waals surface area contributed by atoms with Crippen LogP contribution in [-0.2, 0) is 5.60 Å². The number of nitrogens with two attached hydrogens (primary N) is 1. The molecule has 4 aromatic carbocycles. The number of amides is 1. The van der Waals surface area contributed by atoms with E-state index in [4.69, 9.17) is 5.73 Å². The summed E-state index contributed by atoms with van der Waals surface area (Å²) < 4.78 is 1.58. The molecule has 1 amide bonds. The number of H-pyrrole nitrogens is 1. The van der Waals surface area contributed by atoms with Gasteiger partial charge in [-0.15, -0.1) is 0 Å². The number of hydrogen-bond acceptors (Lipinski definition) is 4. The van der Waals surface area contributed by atoms with Crippen molar-refractivity contribution in [3.63, 3.8) is 0 Å². The zero-order valence-corrected chi connectivity index (χ0v) is 22.2. The van der Waals surface area contributed by atoms with E-state index in [0.717, 1.165) is 49.8 Å². The summed E-state index contributed by atoms with van der Waals surface area (Å²) in [4.78, 5) is 33.8. The molecule has 0 saturated carbocycles. The Labute approximate surface area is 224 Å². The smallest absolute Gasteiger partial charge is 0.265 e. The highest BCUT2D eigenvalue weighted by molar-refractivity contribution is 6.20.